The Labute approximate surface area is 117 Å². The Morgan fingerprint density at radius 2 is 2.05 bits per heavy atom. The highest BCUT2D eigenvalue weighted by Gasteiger charge is 2.06. The summed E-state index contributed by atoms with van der Waals surface area (Å²) in [7, 11) is 0. The number of aryl methyl sites for hydroxylation is 1. The number of nitrogens with two attached hydrogens (primary N) is 1. The van der Waals surface area contributed by atoms with Gasteiger partial charge in [0.1, 0.15) is 0 Å². The summed E-state index contributed by atoms with van der Waals surface area (Å²) in [4.78, 5) is 12.0. The molecule has 3 nitrogen and oxygen atoms in total. The fraction of sp³-hybridized carbons (Fsp3) is 0.133. The number of rotatable bonds is 3. The van der Waals surface area contributed by atoms with Crippen LogP contribution in [-0.4, -0.2) is 5.91 Å². The first-order valence-corrected chi connectivity index (χ1v) is 6.33. The van der Waals surface area contributed by atoms with Crippen LogP contribution in [-0.2, 0) is 11.2 Å². The lowest BCUT2D eigenvalue weighted by atomic mass is 10.1. The first-order chi connectivity index (χ1) is 9.04. The fourth-order valence-electron chi connectivity index (χ4n) is 1.80. The molecule has 0 saturated carbocycles. The smallest absolute Gasteiger partial charge is 0.228 e. The molecule has 0 aliphatic heterocycles. The minimum absolute atomic E-state index is 0.0871. The van der Waals surface area contributed by atoms with Crippen LogP contribution in [0.2, 0.25) is 5.02 Å². The number of nitrogen functional groups attached to an aromatic ring is 1. The van der Waals surface area contributed by atoms with E-state index in [4.69, 9.17) is 17.3 Å². The van der Waals surface area contributed by atoms with Gasteiger partial charge in [0.05, 0.1) is 6.42 Å². The van der Waals surface area contributed by atoms with E-state index in [9.17, 15) is 4.79 Å². The van der Waals surface area contributed by atoms with E-state index in [1.807, 2.05) is 31.2 Å². The van der Waals surface area contributed by atoms with Gasteiger partial charge in [-0.1, -0.05) is 29.8 Å². The number of nitrogens with one attached hydrogen (secondary N) is 1. The van der Waals surface area contributed by atoms with Gasteiger partial charge < -0.3 is 11.1 Å². The van der Waals surface area contributed by atoms with Crippen LogP contribution in [0, 0.1) is 6.92 Å². The highest BCUT2D eigenvalue weighted by atomic mass is 35.5. The SMILES string of the molecule is Cc1ccc(N)cc1NC(=O)Cc1cccc(Cl)c1. The Bertz CT molecular complexity index is 611. The summed E-state index contributed by atoms with van der Waals surface area (Å²) in [5.41, 5.74) is 8.94. The van der Waals surface area contributed by atoms with Gasteiger partial charge in [0, 0.05) is 16.4 Å². The van der Waals surface area contributed by atoms with E-state index in [0.717, 1.165) is 16.8 Å². The topological polar surface area (TPSA) is 55.1 Å². The summed E-state index contributed by atoms with van der Waals surface area (Å²) in [6.07, 6.45) is 0.287. The Hall–Kier alpha value is -2.00. The lowest BCUT2D eigenvalue weighted by molar-refractivity contribution is -0.115. The third kappa shape index (κ3) is 3.73. The lowest BCUT2D eigenvalue weighted by Crippen LogP contribution is -2.15. The average molecular weight is 275 g/mol. The van der Waals surface area contributed by atoms with Gasteiger partial charge in [-0.05, 0) is 42.3 Å². The standard InChI is InChI=1S/C15H15ClN2O/c1-10-5-6-13(17)9-14(10)18-15(19)8-11-3-2-4-12(16)7-11/h2-7,9H,8,17H2,1H3,(H,18,19). The zero-order valence-corrected chi connectivity index (χ0v) is 11.4. The van der Waals surface area contributed by atoms with Crippen LogP contribution in [0.25, 0.3) is 0 Å². The van der Waals surface area contributed by atoms with E-state index in [1.54, 1.807) is 18.2 Å². The molecule has 0 fully saturated rings. The van der Waals surface area contributed by atoms with Crippen molar-refractivity contribution in [1.82, 2.24) is 0 Å². The number of benzene rings is 2. The highest BCUT2D eigenvalue weighted by molar-refractivity contribution is 6.30. The molecule has 1 amide bonds. The second-order valence-electron chi connectivity index (χ2n) is 4.43. The van der Waals surface area contributed by atoms with Crippen molar-refractivity contribution in [2.24, 2.45) is 0 Å². The zero-order valence-electron chi connectivity index (χ0n) is 10.6. The molecule has 2 aromatic rings. The van der Waals surface area contributed by atoms with Gasteiger partial charge in [0.15, 0.2) is 0 Å². The third-order valence-electron chi connectivity index (χ3n) is 2.79. The Balaban J connectivity index is 2.07. The van der Waals surface area contributed by atoms with Gasteiger partial charge in [-0.2, -0.15) is 0 Å². The molecular weight excluding hydrogens is 260 g/mol. The number of carbonyl (C=O) groups is 1. The largest absolute Gasteiger partial charge is 0.399 e. The van der Waals surface area contributed by atoms with E-state index in [-0.39, 0.29) is 12.3 Å². The molecule has 98 valence electrons. The molecule has 2 aromatic carbocycles. The maximum atomic E-state index is 12.0. The summed E-state index contributed by atoms with van der Waals surface area (Å²) >= 11 is 5.89. The number of carbonyl (C=O) groups excluding carboxylic acids is 1. The van der Waals surface area contributed by atoms with Crippen molar-refractivity contribution in [3.8, 4) is 0 Å². The molecule has 0 unspecified atom stereocenters. The fourth-order valence-corrected chi connectivity index (χ4v) is 2.01. The predicted octanol–water partition coefficient (Wildman–Crippen LogP) is 3.41. The van der Waals surface area contributed by atoms with Crippen molar-refractivity contribution >= 4 is 28.9 Å². The third-order valence-corrected chi connectivity index (χ3v) is 3.02. The van der Waals surface area contributed by atoms with Gasteiger partial charge in [0.2, 0.25) is 5.91 Å². The number of amides is 1. The van der Waals surface area contributed by atoms with Crippen molar-refractivity contribution in [2.75, 3.05) is 11.1 Å². The van der Waals surface area contributed by atoms with E-state index in [0.29, 0.717) is 10.7 Å². The van der Waals surface area contributed by atoms with Gasteiger partial charge in [-0.25, -0.2) is 0 Å². The molecule has 0 aliphatic carbocycles. The van der Waals surface area contributed by atoms with Gasteiger partial charge in [0.25, 0.3) is 0 Å². The molecule has 4 heteroatoms. The van der Waals surface area contributed by atoms with Crippen LogP contribution in [0.1, 0.15) is 11.1 Å². The molecular formula is C15H15ClN2O. The number of hydrogen-bond donors (Lipinski definition) is 2. The molecule has 19 heavy (non-hydrogen) atoms. The molecule has 0 radical (unpaired) electrons. The van der Waals surface area contributed by atoms with Gasteiger partial charge in [-0.15, -0.1) is 0 Å². The van der Waals surface area contributed by atoms with Crippen molar-refractivity contribution in [2.45, 2.75) is 13.3 Å². The summed E-state index contributed by atoms with van der Waals surface area (Å²) in [5, 5.41) is 3.49. The minimum Gasteiger partial charge on any atom is -0.399 e. The van der Waals surface area contributed by atoms with E-state index < -0.39 is 0 Å². The molecule has 0 spiro atoms. The Kier molecular flexibility index (Phi) is 4.07. The number of halogens is 1. The van der Waals surface area contributed by atoms with Crippen LogP contribution in [0.4, 0.5) is 11.4 Å². The normalized spacial score (nSPS) is 10.2. The van der Waals surface area contributed by atoms with Gasteiger partial charge in [-0.3, -0.25) is 4.79 Å². The Morgan fingerprint density at radius 1 is 1.26 bits per heavy atom. The molecule has 2 rings (SSSR count). The molecule has 3 N–H and O–H groups in total. The Morgan fingerprint density at radius 3 is 2.79 bits per heavy atom. The first-order valence-electron chi connectivity index (χ1n) is 5.95. The maximum absolute atomic E-state index is 12.0. The van der Waals surface area contributed by atoms with E-state index in [1.165, 1.54) is 0 Å². The van der Waals surface area contributed by atoms with E-state index in [2.05, 4.69) is 5.32 Å². The van der Waals surface area contributed by atoms with Crippen LogP contribution < -0.4 is 11.1 Å². The monoisotopic (exact) mass is 274 g/mol. The van der Waals surface area contributed by atoms with Crippen molar-refractivity contribution in [3.05, 3.63) is 58.6 Å². The van der Waals surface area contributed by atoms with Gasteiger partial charge >= 0.3 is 0 Å². The molecule has 0 bridgehead atoms. The van der Waals surface area contributed by atoms with Crippen molar-refractivity contribution in [1.29, 1.82) is 0 Å². The minimum atomic E-state index is -0.0871. The van der Waals surface area contributed by atoms with Crippen LogP contribution in [0.3, 0.4) is 0 Å². The van der Waals surface area contributed by atoms with Crippen LogP contribution in [0.5, 0.6) is 0 Å². The average Bonchev–Trinajstić information content (AvgIpc) is 2.34. The van der Waals surface area contributed by atoms with Crippen LogP contribution >= 0.6 is 11.6 Å². The van der Waals surface area contributed by atoms with Crippen LogP contribution in [0.15, 0.2) is 42.5 Å². The highest BCUT2D eigenvalue weighted by Crippen LogP contribution is 2.18. The molecule has 0 aromatic heterocycles. The predicted molar refractivity (Wildman–Crippen MR) is 79.4 cm³/mol. The molecule has 0 aliphatic rings. The maximum Gasteiger partial charge on any atom is 0.228 e. The molecule has 0 heterocycles. The second kappa shape index (κ2) is 5.76. The summed E-state index contributed by atoms with van der Waals surface area (Å²) in [6.45, 7) is 1.93. The van der Waals surface area contributed by atoms with Crippen molar-refractivity contribution in [3.63, 3.8) is 0 Å². The zero-order chi connectivity index (χ0) is 13.8. The quantitative estimate of drug-likeness (QED) is 0.843. The molecule has 0 saturated heterocycles. The first kappa shape index (κ1) is 13.4. The lowest BCUT2D eigenvalue weighted by Gasteiger charge is -2.09. The number of hydrogen-bond acceptors (Lipinski definition) is 2. The molecule has 0 atom stereocenters. The summed E-state index contributed by atoms with van der Waals surface area (Å²) < 4.78 is 0. The van der Waals surface area contributed by atoms with Crippen molar-refractivity contribution < 1.29 is 4.79 Å². The summed E-state index contributed by atoms with van der Waals surface area (Å²) in [5.74, 6) is -0.0871. The number of anilines is 2. The second-order valence-corrected chi connectivity index (χ2v) is 4.87. The van der Waals surface area contributed by atoms with E-state index >= 15 is 0 Å². The summed E-state index contributed by atoms with van der Waals surface area (Å²) in [6, 6.07) is 12.7.